The quantitative estimate of drug-likeness (QED) is 0.0504. The molecule has 0 bridgehead atoms. The molecule has 0 atom stereocenters. The predicted molar refractivity (Wildman–Crippen MR) is 325 cm³/mol. The van der Waals surface area contributed by atoms with Crippen molar-refractivity contribution >= 4 is 28.4 Å². The van der Waals surface area contributed by atoms with Crippen LogP contribution >= 0.6 is 0 Å². The van der Waals surface area contributed by atoms with E-state index < -0.39 is 0 Å². The van der Waals surface area contributed by atoms with Crippen LogP contribution in [-0.2, 0) is 27.1 Å². The highest BCUT2D eigenvalue weighted by molar-refractivity contribution is 5.88. The Kier molecular flexibility index (Phi) is 15.8. The fraction of sp³-hybridized carbons (Fsp3) is 0.500. The van der Waals surface area contributed by atoms with Gasteiger partial charge < -0.3 is 9.80 Å². The van der Waals surface area contributed by atoms with E-state index in [9.17, 15) is 0 Å². The van der Waals surface area contributed by atoms with Gasteiger partial charge in [0.25, 0.3) is 0 Å². The summed E-state index contributed by atoms with van der Waals surface area (Å²) in [4.78, 5) is 5.10. The van der Waals surface area contributed by atoms with Gasteiger partial charge in [-0.2, -0.15) is 0 Å². The van der Waals surface area contributed by atoms with Crippen LogP contribution in [0.25, 0.3) is 11.1 Å². The van der Waals surface area contributed by atoms with Crippen molar-refractivity contribution in [2.45, 2.75) is 221 Å². The summed E-state index contributed by atoms with van der Waals surface area (Å²) in [6.07, 6.45) is 26.3. The van der Waals surface area contributed by atoms with Crippen molar-refractivity contribution in [3.63, 3.8) is 0 Å². The Morgan fingerprint density at radius 3 is 1.30 bits per heavy atom. The third kappa shape index (κ3) is 9.08. The Morgan fingerprint density at radius 1 is 0.432 bits per heavy atom. The van der Waals surface area contributed by atoms with Crippen molar-refractivity contribution in [2.75, 3.05) is 9.80 Å². The summed E-state index contributed by atoms with van der Waals surface area (Å²) in [7, 11) is 0. The van der Waals surface area contributed by atoms with Crippen molar-refractivity contribution in [1.29, 1.82) is 0 Å². The summed E-state index contributed by atoms with van der Waals surface area (Å²) >= 11 is 0. The number of hydrogen-bond acceptors (Lipinski definition) is 2. The van der Waals surface area contributed by atoms with Gasteiger partial charge in [-0.25, -0.2) is 0 Å². The van der Waals surface area contributed by atoms with E-state index >= 15 is 0 Å². The highest BCUT2D eigenvalue weighted by atomic mass is 15.2. The molecule has 394 valence electrons. The molecule has 5 aromatic carbocycles. The zero-order valence-electron chi connectivity index (χ0n) is 49.1. The third-order valence-electron chi connectivity index (χ3n) is 21.2. The van der Waals surface area contributed by atoms with Crippen LogP contribution in [0.3, 0.4) is 0 Å². The molecule has 3 aliphatic carbocycles. The van der Waals surface area contributed by atoms with Gasteiger partial charge >= 0.3 is 0 Å². The Morgan fingerprint density at radius 2 is 0.824 bits per heavy atom. The van der Waals surface area contributed by atoms with E-state index in [4.69, 9.17) is 0 Å². The minimum atomic E-state index is -0.144. The van der Waals surface area contributed by atoms with E-state index in [0.29, 0.717) is 0 Å². The number of benzene rings is 5. The summed E-state index contributed by atoms with van der Waals surface area (Å²) in [5, 5.41) is 0. The first kappa shape index (κ1) is 55.2. The Bertz CT molecular complexity index is 2840. The van der Waals surface area contributed by atoms with Crippen LogP contribution in [0.5, 0.6) is 0 Å². The highest BCUT2D eigenvalue weighted by Gasteiger charge is 2.58. The van der Waals surface area contributed by atoms with Crippen molar-refractivity contribution in [3.8, 4) is 11.1 Å². The number of allylic oxidation sites excluding steroid dienone is 4. The molecule has 0 amide bonds. The van der Waals surface area contributed by atoms with Crippen LogP contribution in [0.2, 0.25) is 0 Å². The van der Waals surface area contributed by atoms with Gasteiger partial charge in [0.1, 0.15) is 0 Å². The third-order valence-corrected chi connectivity index (χ3v) is 21.2. The smallest absolute Gasteiger partial charge is 0.0465 e. The first-order chi connectivity index (χ1) is 35.1. The number of unbranched alkanes of at least 4 members (excludes halogenated alkanes) is 10. The first-order valence-corrected chi connectivity index (χ1v) is 29.3. The average molecular weight is 990 g/mol. The molecule has 0 unspecified atom stereocenters. The van der Waals surface area contributed by atoms with Crippen LogP contribution in [0.4, 0.5) is 28.4 Å². The van der Waals surface area contributed by atoms with E-state index in [2.05, 4.69) is 242 Å². The number of hydrogen-bond donors (Lipinski definition) is 0. The van der Waals surface area contributed by atoms with Gasteiger partial charge in [0.2, 0.25) is 0 Å². The molecule has 0 spiro atoms. The van der Waals surface area contributed by atoms with Crippen molar-refractivity contribution in [2.24, 2.45) is 10.8 Å². The average Bonchev–Trinajstić information content (AvgIpc) is 3.74. The van der Waals surface area contributed by atoms with Crippen LogP contribution in [0.15, 0.2) is 140 Å². The van der Waals surface area contributed by atoms with E-state index in [1.807, 2.05) is 6.08 Å². The number of rotatable bonds is 22. The van der Waals surface area contributed by atoms with Crippen LogP contribution < -0.4 is 9.80 Å². The minimum absolute atomic E-state index is 0.00370. The molecular weight excluding hydrogens is 893 g/mol. The molecule has 74 heavy (non-hydrogen) atoms. The van der Waals surface area contributed by atoms with Gasteiger partial charge in [-0.05, 0) is 164 Å². The number of anilines is 5. The molecule has 2 heteroatoms. The molecule has 0 N–H and O–H groups in total. The lowest BCUT2D eigenvalue weighted by molar-refractivity contribution is 0.125. The Labute approximate surface area is 451 Å². The SMILES string of the molecule is C=C/C=C\C(=C/C)N(c1ccc2c(c1)C(CCCCCCCC)(CCCCCCCC)c1cc(N(c3ccccc3)c3ccc4c(c3)C(C)(C)C(C)(C)C4(C)C)ccc1-2)c1ccc2c(c1)C(C)(C)C(C)(C)C2(C)C. The molecule has 0 radical (unpaired) electrons. The van der Waals surface area contributed by atoms with Gasteiger partial charge in [-0.3, -0.25) is 0 Å². The number of fused-ring (bicyclic) bond motifs is 5. The standard InChI is InChI=1S/C72H96N2/c1-17-21-24-26-28-33-46-72(47-34-29-27-25-22-18-2)62-48-54(73(52(20-4)35-23-19-3)56-40-44-60-64(50-56)68(9,10)70(13,14)66(60,5)6)38-42-58(62)59-43-39-55(49-63(59)72)74(53-36-31-30-32-37-53)57-41-45-61-65(51-57)69(11,12)71(15,16)67(61,7)8/h19-20,23,30-32,35-45,48-51H,3,17-18,21-22,24-29,33-34,46-47H2,1-2,4-16H3/b35-23-,52-20+. The summed E-state index contributed by atoms with van der Waals surface area (Å²) in [5.41, 5.74) is 19.1. The Hall–Kier alpha value is -5.08. The maximum absolute atomic E-state index is 4.12. The zero-order valence-corrected chi connectivity index (χ0v) is 49.1. The second-order valence-corrected chi connectivity index (χ2v) is 26.1. The minimum Gasteiger partial charge on any atom is -0.311 e. The lowest BCUT2D eigenvalue weighted by atomic mass is 9.59. The summed E-state index contributed by atoms with van der Waals surface area (Å²) in [6.45, 7) is 40.6. The summed E-state index contributed by atoms with van der Waals surface area (Å²) in [5.74, 6) is 0. The van der Waals surface area contributed by atoms with E-state index in [1.165, 1.54) is 150 Å². The molecule has 0 saturated heterocycles. The van der Waals surface area contributed by atoms with Gasteiger partial charge in [-0.1, -0.05) is 241 Å². The molecule has 0 aromatic heterocycles. The largest absolute Gasteiger partial charge is 0.311 e. The molecule has 2 nitrogen and oxygen atoms in total. The van der Waals surface area contributed by atoms with E-state index in [-0.39, 0.29) is 37.9 Å². The first-order valence-electron chi connectivity index (χ1n) is 29.3. The lowest BCUT2D eigenvalue weighted by Crippen LogP contribution is -2.42. The molecule has 0 fully saturated rings. The molecule has 8 rings (SSSR count). The molecule has 0 aliphatic heterocycles. The summed E-state index contributed by atoms with van der Waals surface area (Å²) in [6, 6.07) is 41.1. The van der Waals surface area contributed by atoms with Gasteiger partial charge in [-0.15, -0.1) is 0 Å². The number of para-hydroxylation sites is 1. The number of nitrogens with zero attached hydrogens (tertiary/aromatic N) is 2. The summed E-state index contributed by atoms with van der Waals surface area (Å²) < 4.78 is 0. The molecule has 0 saturated carbocycles. The highest BCUT2D eigenvalue weighted by Crippen LogP contribution is 2.64. The lowest BCUT2D eigenvalue weighted by Gasteiger charge is -2.44. The maximum Gasteiger partial charge on any atom is 0.0465 e. The van der Waals surface area contributed by atoms with Crippen molar-refractivity contribution in [3.05, 3.63) is 173 Å². The fourth-order valence-corrected chi connectivity index (χ4v) is 14.1. The molecule has 0 heterocycles. The zero-order chi connectivity index (χ0) is 53.5. The van der Waals surface area contributed by atoms with E-state index in [0.717, 1.165) is 18.5 Å². The van der Waals surface area contributed by atoms with Crippen LogP contribution in [-0.4, -0.2) is 0 Å². The van der Waals surface area contributed by atoms with E-state index in [1.54, 1.807) is 0 Å². The van der Waals surface area contributed by atoms with Gasteiger partial charge in [0, 0.05) is 39.5 Å². The van der Waals surface area contributed by atoms with Crippen molar-refractivity contribution in [1.82, 2.24) is 0 Å². The Balaban J connectivity index is 1.33. The van der Waals surface area contributed by atoms with Crippen LogP contribution in [0, 0.1) is 10.8 Å². The van der Waals surface area contributed by atoms with Gasteiger partial charge in [0.15, 0.2) is 0 Å². The predicted octanol–water partition coefficient (Wildman–Crippen LogP) is 21.9. The molecular formula is C72H96N2. The second-order valence-electron chi connectivity index (χ2n) is 26.1. The van der Waals surface area contributed by atoms with Crippen molar-refractivity contribution < 1.29 is 0 Å². The molecule has 3 aliphatic rings. The maximum atomic E-state index is 4.12. The fourth-order valence-electron chi connectivity index (χ4n) is 14.1. The normalized spacial score (nSPS) is 18.7. The van der Waals surface area contributed by atoms with Gasteiger partial charge in [0.05, 0.1) is 0 Å². The van der Waals surface area contributed by atoms with Crippen LogP contribution in [0.1, 0.15) is 227 Å². The molecule has 5 aromatic rings. The topological polar surface area (TPSA) is 6.48 Å². The second kappa shape index (κ2) is 21.2. The monoisotopic (exact) mass is 989 g/mol.